The molecule has 0 spiro atoms. The number of nitrogens with zero attached hydrogens (tertiary/aromatic N) is 2. The van der Waals surface area contributed by atoms with Crippen molar-refractivity contribution in [1.29, 1.82) is 0 Å². The van der Waals surface area contributed by atoms with E-state index in [0.29, 0.717) is 15.8 Å². The summed E-state index contributed by atoms with van der Waals surface area (Å²) in [5, 5.41) is 3.43. The lowest BCUT2D eigenvalue weighted by atomic mass is 10.1. The van der Waals surface area contributed by atoms with Gasteiger partial charge in [0.2, 0.25) is 0 Å². The van der Waals surface area contributed by atoms with E-state index >= 15 is 0 Å². The molecule has 2 fully saturated rings. The molecular weight excluding hydrogens is 346 g/mol. The second-order valence-corrected chi connectivity index (χ2v) is 7.60. The Bertz CT molecular complexity index is 908. The molecular formula is C20H21N3O2S. The molecule has 4 rings (SSSR count). The maximum atomic E-state index is 12.3. The van der Waals surface area contributed by atoms with Crippen molar-refractivity contribution in [2.75, 3.05) is 18.0 Å². The van der Waals surface area contributed by atoms with Crippen molar-refractivity contribution >= 4 is 40.5 Å². The first-order valence-corrected chi connectivity index (χ1v) is 9.62. The molecule has 1 aromatic carbocycles. The molecule has 0 saturated carbocycles. The third-order valence-corrected chi connectivity index (χ3v) is 5.66. The van der Waals surface area contributed by atoms with Crippen LogP contribution in [0.25, 0.3) is 6.08 Å². The zero-order valence-electron chi connectivity index (χ0n) is 14.9. The SMILES string of the molecule is Cc1cccc(N=C2NC(=O)/C(=C/c3ccc(N4CCCC4)o3)S2)c1C. The Labute approximate surface area is 157 Å². The van der Waals surface area contributed by atoms with Crippen molar-refractivity contribution in [3.8, 4) is 0 Å². The molecule has 0 radical (unpaired) electrons. The number of aliphatic imine (C=N–C) groups is 1. The van der Waals surface area contributed by atoms with Gasteiger partial charge in [-0.15, -0.1) is 0 Å². The minimum Gasteiger partial charge on any atom is -0.441 e. The Hall–Kier alpha value is -2.47. The molecule has 6 heteroatoms. The van der Waals surface area contributed by atoms with E-state index in [0.717, 1.165) is 30.2 Å². The first-order chi connectivity index (χ1) is 12.6. The topological polar surface area (TPSA) is 57.8 Å². The molecule has 134 valence electrons. The number of hydrogen-bond acceptors (Lipinski definition) is 5. The molecule has 1 N–H and O–H groups in total. The number of rotatable bonds is 3. The minimum absolute atomic E-state index is 0.141. The van der Waals surface area contributed by atoms with Crippen LogP contribution in [0, 0.1) is 13.8 Å². The molecule has 3 heterocycles. The summed E-state index contributed by atoms with van der Waals surface area (Å²) in [4.78, 5) is 19.7. The first kappa shape index (κ1) is 17.0. The lowest BCUT2D eigenvalue weighted by Crippen LogP contribution is -2.19. The Morgan fingerprint density at radius 2 is 2.00 bits per heavy atom. The molecule has 2 aromatic rings. The molecule has 2 aliphatic rings. The fourth-order valence-corrected chi connectivity index (χ4v) is 3.92. The van der Waals surface area contributed by atoms with E-state index in [1.165, 1.54) is 30.2 Å². The van der Waals surface area contributed by atoms with Gasteiger partial charge >= 0.3 is 0 Å². The number of benzene rings is 1. The monoisotopic (exact) mass is 367 g/mol. The third kappa shape index (κ3) is 3.42. The van der Waals surface area contributed by atoms with Crippen LogP contribution in [0.4, 0.5) is 11.6 Å². The number of amidine groups is 1. The second kappa shape index (κ2) is 7.03. The summed E-state index contributed by atoms with van der Waals surface area (Å²) >= 11 is 1.34. The molecule has 1 amide bonds. The van der Waals surface area contributed by atoms with Gasteiger partial charge in [0.15, 0.2) is 11.1 Å². The van der Waals surface area contributed by atoms with Crippen LogP contribution in [0.15, 0.2) is 44.6 Å². The molecule has 1 aromatic heterocycles. The number of anilines is 1. The van der Waals surface area contributed by atoms with Gasteiger partial charge in [-0.1, -0.05) is 12.1 Å². The summed E-state index contributed by atoms with van der Waals surface area (Å²) in [5.74, 6) is 1.43. The fraction of sp³-hybridized carbons (Fsp3) is 0.300. The van der Waals surface area contributed by atoms with E-state index in [1.807, 2.05) is 31.2 Å². The lowest BCUT2D eigenvalue weighted by Gasteiger charge is -2.12. The highest BCUT2D eigenvalue weighted by atomic mass is 32.2. The molecule has 0 atom stereocenters. The van der Waals surface area contributed by atoms with Gasteiger partial charge in [-0.25, -0.2) is 4.99 Å². The first-order valence-electron chi connectivity index (χ1n) is 8.81. The van der Waals surface area contributed by atoms with Crippen LogP contribution >= 0.6 is 11.8 Å². The highest BCUT2D eigenvalue weighted by Crippen LogP contribution is 2.31. The molecule has 0 bridgehead atoms. The number of thioether (sulfide) groups is 1. The average molecular weight is 367 g/mol. The van der Waals surface area contributed by atoms with Gasteiger partial charge < -0.3 is 14.6 Å². The van der Waals surface area contributed by atoms with Crippen molar-refractivity contribution in [1.82, 2.24) is 5.32 Å². The number of carbonyl (C=O) groups excluding carboxylic acids is 1. The van der Waals surface area contributed by atoms with Crippen molar-refractivity contribution in [3.63, 3.8) is 0 Å². The summed E-state index contributed by atoms with van der Waals surface area (Å²) in [6.07, 6.45) is 4.19. The zero-order chi connectivity index (χ0) is 18.1. The number of amides is 1. The number of carbonyl (C=O) groups is 1. The molecule has 26 heavy (non-hydrogen) atoms. The van der Waals surface area contributed by atoms with Crippen LogP contribution in [-0.4, -0.2) is 24.2 Å². The van der Waals surface area contributed by atoms with Gasteiger partial charge in [0.25, 0.3) is 5.91 Å². The van der Waals surface area contributed by atoms with Crippen LogP contribution < -0.4 is 10.2 Å². The third-order valence-electron chi connectivity index (χ3n) is 4.75. The number of aryl methyl sites for hydroxylation is 1. The second-order valence-electron chi connectivity index (χ2n) is 6.57. The van der Waals surface area contributed by atoms with E-state index in [4.69, 9.17) is 4.42 Å². The predicted octanol–water partition coefficient (Wildman–Crippen LogP) is 4.39. The standard InChI is InChI=1S/C20H21N3O2S/c1-13-6-5-7-16(14(13)2)21-20-22-19(24)17(26-20)12-15-8-9-18(25-15)23-10-3-4-11-23/h5-9,12H,3-4,10-11H2,1-2H3,(H,21,22,24)/b17-12-. The van der Waals surface area contributed by atoms with Gasteiger partial charge in [-0.2, -0.15) is 0 Å². The van der Waals surface area contributed by atoms with Crippen LogP contribution in [0.5, 0.6) is 0 Å². The quantitative estimate of drug-likeness (QED) is 0.818. The Balaban J connectivity index is 1.53. The predicted molar refractivity (Wildman–Crippen MR) is 107 cm³/mol. The van der Waals surface area contributed by atoms with Crippen LogP contribution in [0.2, 0.25) is 0 Å². The van der Waals surface area contributed by atoms with Gasteiger partial charge in [0.05, 0.1) is 10.6 Å². The number of hydrogen-bond donors (Lipinski definition) is 1. The Morgan fingerprint density at radius 3 is 2.81 bits per heavy atom. The van der Waals surface area contributed by atoms with E-state index in [2.05, 4.69) is 28.2 Å². The molecule has 0 aliphatic carbocycles. The molecule has 2 aliphatic heterocycles. The minimum atomic E-state index is -0.141. The normalized spacial score (nSPS) is 20.4. The van der Waals surface area contributed by atoms with Crippen LogP contribution in [-0.2, 0) is 4.79 Å². The smallest absolute Gasteiger partial charge is 0.264 e. The summed E-state index contributed by atoms with van der Waals surface area (Å²) in [6.45, 7) is 6.16. The van der Waals surface area contributed by atoms with E-state index in [-0.39, 0.29) is 5.91 Å². The summed E-state index contributed by atoms with van der Waals surface area (Å²) < 4.78 is 5.88. The van der Waals surface area contributed by atoms with Crippen molar-refractivity contribution < 1.29 is 9.21 Å². The molecule has 2 saturated heterocycles. The lowest BCUT2D eigenvalue weighted by molar-refractivity contribution is -0.115. The summed E-state index contributed by atoms with van der Waals surface area (Å²) in [6, 6.07) is 9.87. The van der Waals surface area contributed by atoms with E-state index in [1.54, 1.807) is 6.08 Å². The van der Waals surface area contributed by atoms with E-state index < -0.39 is 0 Å². The molecule has 5 nitrogen and oxygen atoms in total. The number of nitrogens with one attached hydrogen (secondary N) is 1. The maximum Gasteiger partial charge on any atom is 0.264 e. The number of furan rings is 1. The summed E-state index contributed by atoms with van der Waals surface area (Å²) in [5.41, 5.74) is 3.18. The Kier molecular flexibility index (Phi) is 4.59. The van der Waals surface area contributed by atoms with Crippen LogP contribution in [0.1, 0.15) is 29.7 Å². The fourth-order valence-electron chi connectivity index (χ4n) is 3.10. The van der Waals surface area contributed by atoms with Gasteiger partial charge in [-0.05, 0) is 61.7 Å². The van der Waals surface area contributed by atoms with Crippen molar-refractivity contribution in [2.45, 2.75) is 26.7 Å². The zero-order valence-corrected chi connectivity index (χ0v) is 15.7. The van der Waals surface area contributed by atoms with Gasteiger partial charge in [0.1, 0.15) is 5.76 Å². The van der Waals surface area contributed by atoms with Crippen molar-refractivity contribution in [3.05, 3.63) is 52.1 Å². The molecule has 0 unspecified atom stereocenters. The maximum absolute atomic E-state index is 12.3. The van der Waals surface area contributed by atoms with Crippen LogP contribution in [0.3, 0.4) is 0 Å². The highest BCUT2D eigenvalue weighted by Gasteiger charge is 2.25. The van der Waals surface area contributed by atoms with Crippen molar-refractivity contribution in [2.24, 2.45) is 4.99 Å². The summed E-state index contributed by atoms with van der Waals surface area (Å²) in [7, 11) is 0. The Morgan fingerprint density at radius 1 is 1.19 bits per heavy atom. The largest absolute Gasteiger partial charge is 0.441 e. The van der Waals surface area contributed by atoms with Gasteiger partial charge in [-0.3, -0.25) is 4.79 Å². The van der Waals surface area contributed by atoms with E-state index in [9.17, 15) is 4.79 Å². The van der Waals surface area contributed by atoms with Gasteiger partial charge in [0, 0.05) is 25.2 Å². The highest BCUT2D eigenvalue weighted by molar-refractivity contribution is 8.18. The average Bonchev–Trinajstić information content (AvgIpc) is 3.34.